The number of primary amides is 1. The molecular formula is C6H9N3O2. The van der Waals surface area contributed by atoms with Crippen LogP contribution >= 0.6 is 0 Å². The molecule has 0 fully saturated rings. The third kappa shape index (κ3) is 2.05. The van der Waals surface area contributed by atoms with E-state index in [4.69, 9.17) is 10.8 Å². The number of hydrogen-bond acceptors (Lipinski definition) is 3. The predicted molar refractivity (Wildman–Crippen MR) is 37.4 cm³/mol. The van der Waals surface area contributed by atoms with Crippen molar-refractivity contribution in [1.82, 2.24) is 9.55 Å². The molecule has 1 amide bonds. The number of aliphatic hydroxyl groups excluding tert-OH is 1. The van der Waals surface area contributed by atoms with Gasteiger partial charge in [0.15, 0.2) is 0 Å². The van der Waals surface area contributed by atoms with E-state index >= 15 is 0 Å². The Bertz CT molecular complexity index is 232. The zero-order chi connectivity index (χ0) is 8.27. The topological polar surface area (TPSA) is 81.1 Å². The maximum absolute atomic E-state index is 10.4. The van der Waals surface area contributed by atoms with Gasteiger partial charge in [-0.2, -0.15) is 0 Å². The van der Waals surface area contributed by atoms with Crippen LogP contribution in [0.3, 0.4) is 0 Å². The molecule has 0 bridgehead atoms. The van der Waals surface area contributed by atoms with Gasteiger partial charge in [-0.05, 0) is 0 Å². The van der Waals surface area contributed by atoms with Crippen LogP contribution in [0.1, 0.15) is 0 Å². The summed E-state index contributed by atoms with van der Waals surface area (Å²) in [7, 11) is 0. The van der Waals surface area contributed by atoms with Gasteiger partial charge >= 0.3 is 0 Å². The van der Waals surface area contributed by atoms with Gasteiger partial charge in [0, 0.05) is 12.4 Å². The van der Waals surface area contributed by atoms with E-state index in [0.29, 0.717) is 0 Å². The monoisotopic (exact) mass is 155 g/mol. The van der Waals surface area contributed by atoms with Gasteiger partial charge in [0.25, 0.3) is 0 Å². The summed E-state index contributed by atoms with van der Waals surface area (Å²) in [6.07, 6.45) is 3.58. The smallest absolute Gasteiger partial charge is 0.248 e. The molecule has 0 aliphatic rings. The Morgan fingerprint density at radius 1 is 1.82 bits per heavy atom. The standard InChI is InChI=1S/C6H9N3O2/c7-6(11)5(10)3-9-2-1-8-4-9/h1-2,4-5,10H,3H2,(H2,7,11). The van der Waals surface area contributed by atoms with E-state index in [9.17, 15) is 4.79 Å². The minimum atomic E-state index is -1.14. The van der Waals surface area contributed by atoms with Crippen LogP contribution in [-0.2, 0) is 11.3 Å². The van der Waals surface area contributed by atoms with Gasteiger partial charge in [0.1, 0.15) is 6.10 Å². The molecule has 0 spiro atoms. The SMILES string of the molecule is NC(=O)C(O)Cn1ccnc1. The molecule has 1 aromatic rings. The van der Waals surface area contributed by atoms with Crippen LogP contribution in [0.25, 0.3) is 0 Å². The highest BCUT2D eigenvalue weighted by molar-refractivity contribution is 5.78. The Labute approximate surface area is 63.5 Å². The summed E-state index contributed by atoms with van der Waals surface area (Å²) in [5.41, 5.74) is 4.83. The second-order valence-corrected chi connectivity index (χ2v) is 2.18. The van der Waals surface area contributed by atoms with Crippen molar-refractivity contribution in [3.63, 3.8) is 0 Å². The Morgan fingerprint density at radius 3 is 3.00 bits per heavy atom. The fraction of sp³-hybridized carbons (Fsp3) is 0.333. The molecule has 0 saturated carbocycles. The van der Waals surface area contributed by atoms with Crippen LogP contribution in [0.5, 0.6) is 0 Å². The highest BCUT2D eigenvalue weighted by Gasteiger charge is 2.10. The summed E-state index contributed by atoms with van der Waals surface area (Å²) in [6.45, 7) is 0.162. The van der Waals surface area contributed by atoms with E-state index < -0.39 is 12.0 Å². The molecule has 0 aromatic carbocycles. The number of nitrogens with zero attached hydrogens (tertiary/aromatic N) is 2. The first-order chi connectivity index (χ1) is 5.20. The van der Waals surface area contributed by atoms with Crippen LogP contribution < -0.4 is 5.73 Å². The lowest BCUT2D eigenvalue weighted by molar-refractivity contribution is -0.126. The number of imidazole rings is 1. The van der Waals surface area contributed by atoms with Crippen molar-refractivity contribution in [1.29, 1.82) is 0 Å². The van der Waals surface area contributed by atoms with Gasteiger partial charge in [-0.1, -0.05) is 0 Å². The second kappa shape index (κ2) is 3.16. The Morgan fingerprint density at radius 2 is 2.55 bits per heavy atom. The second-order valence-electron chi connectivity index (χ2n) is 2.18. The lowest BCUT2D eigenvalue weighted by Gasteiger charge is -2.05. The van der Waals surface area contributed by atoms with Gasteiger partial charge in [-0.25, -0.2) is 4.98 Å². The average molecular weight is 155 g/mol. The highest BCUT2D eigenvalue weighted by Crippen LogP contribution is 1.90. The number of carbonyl (C=O) groups is 1. The van der Waals surface area contributed by atoms with Crippen molar-refractivity contribution in [3.05, 3.63) is 18.7 Å². The molecule has 1 unspecified atom stereocenters. The molecule has 0 aliphatic carbocycles. The molecule has 1 atom stereocenters. The quantitative estimate of drug-likeness (QED) is 0.571. The number of rotatable bonds is 3. The molecule has 0 aliphatic heterocycles. The van der Waals surface area contributed by atoms with E-state index in [-0.39, 0.29) is 6.54 Å². The first-order valence-electron chi connectivity index (χ1n) is 3.13. The minimum absolute atomic E-state index is 0.162. The molecule has 0 radical (unpaired) electrons. The van der Waals surface area contributed by atoms with Crippen LogP contribution in [0.2, 0.25) is 0 Å². The van der Waals surface area contributed by atoms with E-state index in [1.807, 2.05) is 0 Å². The molecule has 5 heteroatoms. The summed E-state index contributed by atoms with van der Waals surface area (Å²) in [4.78, 5) is 14.1. The third-order valence-electron chi connectivity index (χ3n) is 1.27. The Kier molecular flexibility index (Phi) is 2.22. The summed E-state index contributed by atoms with van der Waals surface area (Å²) in [5.74, 6) is -0.723. The van der Waals surface area contributed by atoms with Crippen molar-refractivity contribution in [3.8, 4) is 0 Å². The average Bonchev–Trinajstić information content (AvgIpc) is 2.39. The lowest BCUT2D eigenvalue weighted by Crippen LogP contribution is -2.31. The largest absolute Gasteiger partial charge is 0.381 e. The number of hydrogen-bond donors (Lipinski definition) is 2. The zero-order valence-electron chi connectivity index (χ0n) is 5.84. The molecule has 0 saturated heterocycles. The molecule has 3 N–H and O–H groups in total. The van der Waals surface area contributed by atoms with Gasteiger partial charge in [-0.15, -0.1) is 0 Å². The Hall–Kier alpha value is -1.36. The van der Waals surface area contributed by atoms with Crippen molar-refractivity contribution >= 4 is 5.91 Å². The summed E-state index contributed by atoms with van der Waals surface area (Å²) in [6, 6.07) is 0. The van der Waals surface area contributed by atoms with Crippen LogP contribution in [0.4, 0.5) is 0 Å². The molecule has 1 rings (SSSR count). The number of amides is 1. The van der Waals surface area contributed by atoms with E-state index in [2.05, 4.69) is 4.98 Å². The predicted octanol–water partition coefficient (Wildman–Crippen LogP) is -1.27. The maximum atomic E-state index is 10.4. The zero-order valence-corrected chi connectivity index (χ0v) is 5.84. The number of carbonyl (C=O) groups excluding carboxylic acids is 1. The molecule has 1 heterocycles. The molecule has 60 valence electrons. The van der Waals surface area contributed by atoms with Crippen molar-refractivity contribution in [2.45, 2.75) is 12.6 Å². The molecule has 11 heavy (non-hydrogen) atoms. The first-order valence-corrected chi connectivity index (χ1v) is 3.13. The lowest BCUT2D eigenvalue weighted by atomic mass is 10.3. The van der Waals surface area contributed by atoms with Crippen molar-refractivity contribution < 1.29 is 9.90 Å². The molecular weight excluding hydrogens is 146 g/mol. The van der Waals surface area contributed by atoms with E-state index in [1.54, 1.807) is 17.0 Å². The van der Waals surface area contributed by atoms with Gasteiger partial charge in [-0.3, -0.25) is 4.79 Å². The van der Waals surface area contributed by atoms with Crippen LogP contribution in [-0.4, -0.2) is 26.7 Å². The third-order valence-corrected chi connectivity index (χ3v) is 1.27. The maximum Gasteiger partial charge on any atom is 0.248 e. The van der Waals surface area contributed by atoms with Crippen LogP contribution in [0, 0.1) is 0 Å². The summed E-state index contributed by atoms with van der Waals surface area (Å²) >= 11 is 0. The molecule has 5 nitrogen and oxygen atoms in total. The van der Waals surface area contributed by atoms with Gasteiger partial charge in [0.05, 0.1) is 12.9 Å². The highest BCUT2D eigenvalue weighted by atomic mass is 16.3. The van der Waals surface area contributed by atoms with E-state index in [1.165, 1.54) is 6.33 Å². The summed E-state index contributed by atoms with van der Waals surface area (Å²) in [5, 5.41) is 8.98. The fourth-order valence-electron chi connectivity index (χ4n) is 0.684. The van der Waals surface area contributed by atoms with Gasteiger partial charge < -0.3 is 15.4 Å². The molecule has 1 aromatic heterocycles. The number of aliphatic hydroxyl groups is 1. The van der Waals surface area contributed by atoms with E-state index in [0.717, 1.165) is 0 Å². The van der Waals surface area contributed by atoms with Crippen LogP contribution in [0.15, 0.2) is 18.7 Å². The van der Waals surface area contributed by atoms with Crippen molar-refractivity contribution in [2.75, 3.05) is 0 Å². The van der Waals surface area contributed by atoms with Gasteiger partial charge in [0.2, 0.25) is 5.91 Å². The number of aromatic nitrogens is 2. The number of nitrogens with two attached hydrogens (primary N) is 1. The van der Waals surface area contributed by atoms with Crippen molar-refractivity contribution in [2.24, 2.45) is 5.73 Å². The normalized spacial score (nSPS) is 12.8. The minimum Gasteiger partial charge on any atom is -0.381 e. The summed E-state index contributed by atoms with van der Waals surface area (Å²) < 4.78 is 1.58. The first kappa shape index (κ1) is 7.74. The Balaban J connectivity index is 2.50. The fourth-order valence-corrected chi connectivity index (χ4v) is 0.684.